The SMILES string of the molecule is Cl.NC(=O)c1cccc(S(=O)(=O)N2CCC(NCC3CC3)CC2)c1. The van der Waals surface area contributed by atoms with Gasteiger partial charge >= 0.3 is 0 Å². The summed E-state index contributed by atoms with van der Waals surface area (Å²) >= 11 is 0. The second kappa shape index (κ2) is 7.82. The minimum absolute atomic E-state index is 0. The number of hydrogen-bond donors (Lipinski definition) is 2. The molecule has 0 atom stereocenters. The van der Waals surface area contributed by atoms with Crippen LogP contribution < -0.4 is 11.1 Å². The van der Waals surface area contributed by atoms with Crippen LogP contribution in [0.3, 0.4) is 0 Å². The number of rotatable bonds is 6. The first-order valence-corrected chi connectivity index (χ1v) is 9.54. The molecule has 1 aliphatic carbocycles. The molecule has 1 aromatic carbocycles. The van der Waals surface area contributed by atoms with Crippen LogP contribution in [-0.4, -0.2) is 44.3 Å². The van der Waals surface area contributed by atoms with E-state index in [0.717, 1.165) is 25.3 Å². The molecular weight excluding hydrogens is 350 g/mol. The number of nitrogens with one attached hydrogen (secondary N) is 1. The first kappa shape index (κ1) is 19.2. The van der Waals surface area contributed by atoms with E-state index in [-0.39, 0.29) is 22.9 Å². The number of benzene rings is 1. The molecule has 0 bridgehead atoms. The lowest BCUT2D eigenvalue weighted by atomic mass is 10.1. The number of piperidine rings is 1. The van der Waals surface area contributed by atoms with Gasteiger partial charge in [0.05, 0.1) is 4.90 Å². The number of primary amides is 1. The zero-order chi connectivity index (χ0) is 16.4. The lowest BCUT2D eigenvalue weighted by Gasteiger charge is -2.31. The van der Waals surface area contributed by atoms with E-state index in [2.05, 4.69) is 5.32 Å². The highest BCUT2D eigenvalue weighted by atomic mass is 35.5. The van der Waals surface area contributed by atoms with Crippen LogP contribution in [0.4, 0.5) is 0 Å². The van der Waals surface area contributed by atoms with Gasteiger partial charge in [0.25, 0.3) is 0 Å². The fourth-order valence-corrected chi connectivity index (χ4v) is 4.43. The molecule has 0 radical (unpaired) electrons. The van der Waals surface area contributed by atoms with Crippen molar-refractivity contribution in [2.45, 2.75) is 36.6 Å². The van der Waals surface area contributed by atoms with Gasteiger partial charge in [-0.1, -0.05) is 6.07 Å². The Kier molecular flexibility index (Phi) is 6.25. The van der Waals surface area contributed by atoms with E-state index >= 15 is 0 Å². The summed E-state index contributed by atoms with van der Waals surface area (Å²) in [6, 6.07) is 6.35. The standard InChI is InChI=1S/C16H23N3O3S.ClH/c17-16(20)13-2-1-3-15(10-13)23(21,22)19-8-6-14(7-9-19)18-11-12-4-5-12;/h1-3,10,12,14,18H,4-9,11H2,(H2,17,20);1H. The molecule has 24 heavy (non-hydrogen) atoms. The largest absolute Gasteiger partial charge is 0.366 e. The summed E-state index contributed by atoms with van der Waals surface area (Å²) in [5.41, 5.74) is 5.44. The molecule has 8 heteroatoms. The highest BCUT2D eigenvalue weighted by molar-refractivity contribution is 7.89. The van der Waals surface area contributed by atoms with Crippen molar-refractivity contribution >= 4 is 28.3 Å². The van der Waals surface area contributed by atoms with Gasteiger partial charge in [0, 0.05) is 24.7 Å². The Bertz CT molecular complexity index is 684. The molecule has 1 aliphatic heterocycles. The van der Waals surface area contributed by atoms with E-state index in [0.29, 0.717) is 19.1 Å². The summed E-state index contributed by atoms with van der Waals surface area (Å²) in [6.45, 7) is 2.06. The van der Waals surface area contributed by atoms with Crippen molar-refractivity contribution in [3.8, 4) is 0 Å². The van der Waals surface area contributed by atoms with E-state index < -0.39 is 15.9 Å². The van der Waals surface area contributed by atoms with Crippen molar-refractivity contribution in [3.05, 3.63) is 29.8 Å². The predicted octanol–water partition coefficient (Wildman–Crippen LogP) is 1.36. The Morgan fingerprint density at radius 1 is 1.21 bits per heavy atom. The zero-order valence-corrected chi connectivity index (χ0v) is 15.1. The summed E-state index contributed by atoms with van der Waals surface area (Å²) in [6.07, 6.45) is 4.27. The molecule has 3 rings (SSSR count). The zero-order valence-electron chi connectivity index (χ0n) is 13.5. The minimum atomic E-state index is -3.56. The maximum atomic E-state index is 12.7. The monoisotopic (exact) mass is 373 g/mol. The van der Waals surface area contributed by atoms with Gasteiger partial charge in [-0.3, -0.25) is 4.79 Å². The Labute approximate surface area is 149 Å². The molecule has 1 heterocycles. The van der Waals surface area contributed by atoms with Crippen molar-refractivity contribution in [1.82, 2.24) is 9.62 Å². The van der Waals surface area contributed by atoms with Gasteiger partial charge in [-0.25, -0.2) is 8.42 Å². The smallest absolute Gasteiger partial charge is 0.248 e. The number of nitrogens with zero attached hydrogens (tertiary/aromatic N) is 1. The Morgan fingerprint density at radius 2 is 1.88 bits per heavy atom. The predicted molar refractivity (Wildman–Crippen MR) is 94.7 cm³/mol. The molecule has 134 valence electrons. The van der Waals surface area contributed by atoms with Crippen LogP contribution in [0.5, 0.6) is 0 Å². The molecule has 1 saturated carbocycles. The highest BCUT2D eigenvalue weighted by Crippen LogP contribution is 2.28. The van der Waals surface area contributed by atoms with E-state index in [1.165, 1.54) is 35.3 Å². The van der Waals surface area contributed by atoms with Crippen molar-refractivity contribution < 1.29 is 13.2 Å². The van der Waals surface area contributed by atoms with Crippen LogP contribution in [0.2, 0.25) is 0 Å². The molecule has 0 spiro atoms. The third-order valence-corrected chi connectivity index (χ3v) is 6.50. The maximum absolute atomic E-state index is 12.7. The van der Waals surface area contributed by atoms with Crippen molar-refractivity contribution in [2.75, 3.05) is 19.6 Å². The molecule has 2 aliphatic rings. The molecule has 0 aromatic heterocycles. The second-order valence-electron chi connectivity index (χ2n) is 6.42. The highest BCUT2D eigenvalue weighted by Gasteiger charge is 2.30. The quantitative estimate of drug-likeness (QED) is 0.787. The van der Waals surface area contributed by atoms with Crippen LogP contribution in [-0.2, 0) is 10.0 Å². The summed E-state index contributed by atoms with van der Waals surface area (Å²) in [5.74, 6) is 0.207. The van der Waals surface area contributed by atoms with Crippen LogP contribution in [0.25, 0.3) is 0 Å². The summed E-state index contributed by atoms with van der Waals surface area (Å²) in [4.78, 5) is 11.4. The topological polar surface area (TPSA) is 92.5 Å². The number of halogens is 1. The fraction of sp³-hybridized carbons (Fsp3) is 0.562. The molecule has 1 amide bonds. The van der Waals surface area contributed by atoms with Crippen LogP contribution in [0, 0.1) is 5.92 Å². The van der Waals surface area contributed by atoms with Crippen molar-refractivity contribution in [1.29, 1.82) is 0 Å². The van der Waals surface area contributed by atoms with Gasteiger partial charge < -0.3 is 11.1 Å². The van der Waals surface area contributed by atoms with Gasteiger partial charge in [-0.15, -0.1) is 12.4 Å². The third kappa shape index (κ3) is 4.47. The molecule has 6 nitrogen and oxygen atoms in total. The van der Waals surface area contributed by atoms with Crippen molar-refractivity contribution in [2.24, 2.45) is 11.7 Å². The van der Waals surface area contributed by atoms with Gasteiger partial charge in [-0.2, -0.15) is 4.31 Å². The summed E-state index contributed by atoms with van der Waals surface area (Å²) in [7, 11) is -3.56. The molecule has 1 saturated heterocycles. The summed E-state index contributed by atoms with van der Waals surface area (Å²) < 4.78 is 26.9. The Morgan fingerprint density at radius 3 is 2.46 bits per heavy atom. The molecule has 3 N–H and O–H groups in total. The Hall–Kier alpha value is -1.15. The third-order valence-electron chi connectivity index (χ3n) is 4.60. The van der Waals surface area contributed by atoms with Crippen molar-refractivity contribution in [3.63, 3.8) is 0 Å². The van der Waals surface area contributed by atoms with E-state index in [1.807, 2.05) is 0 Å². The lowest BCUT2D eigenvalue weighted by Crippen LogP contribution is -2.45. The molecular formula is C16H24ClN3O3S. The van der Waals surface area contributed by atoms with Gasteiger partial charge in [0.1, 0.15) is 0 Å². The first-order valence-electron chi connectivity index (χ1n) is 8.10. The lowest BCUT2D eigenvalue weighted by molar-refractivity contribution is 0.1000. The molecule has 0 unspecified atom stereocenters. The van der Waals surface area contributed by atoms with E-state index in [4.69, 9.17) is 5.73 Å². The number of sulfonamides is 1. The number of carbonyl (C=O) groups is 1. The second-order valence-corrected chi connectivity index (χ2v) is 8.36. The maximum Gasteiger partial charge on any atom is 0.248 e. The van der Waals surface area contributed by atoms with Crippen LogP contribution in [0.1, 0.15) is 36.0 Å². The Balaban J connectivity index is 0.00000208. The molecule has 1 aromatic rings. The average molecular weight is 374 g/mol. The van der Waals surface area contributed by atoms with Crippen LogP contribution in [0.15, 0.2) is 29.2 Å². The van der Waals surface area contributed by atoms with E-state index in [1.54, 1.807) is 6.07 Å². The van der Waals surface area contributed by atoms with Gasteiger partial charge in [0.15, 0.2) is 0 Å². The number of hydrogen-bond acceptors (Lipinski definition) is 4. The normalized spacial score (nSPS) is 19.7. The average Bonchev–Trinajstić information content (AvgIpc) is 3.38. The summed E-state index contributed by atoms with van der Waals surface area (Å²) in [5, 5.41) is 3.54. The number of carbonyl (C=O) groups excluding carboxylic acids is 1. The minimum Gasteiger partial charge on any atom is -0.366 e. The van der Waals surface area contributed by atoms with Crippen LogP contribution >= 0.6 is 12.4 Å². The van der Waals surface area contributed by atoms with Gasteiger partial charge in [0.2, 0.25) is 15.9 Å². The fourth-order valence-electron chi connectivity index (χ4n) is 2.91. The van der Waals surface area contributed by atoms with E-state index in [9.17, 15) is 13.2 Å². The number of nitrogens with two attached hydrogens (primary N) is 1. The van der Waals surface area contributed by atoms with Gasteiger partial charge in [-0.05, 0) is 56.3 Å². The first-order chi connectivity index (χ1) is 11.0. The number of amides is 1. The molecule has 2 fully saturated rings.